The number of aryl methyl sites for hydroxylation is 1. The van der Waals surface area contributed by atoms with Gasteiger partial charge in [-0.3, -0.25) is 4.79 Å². The van der Waals surface area contributed by atoms with Crippen molar-refractivity contribution >= 4 is 16.9 Å². The van der Waals surface area contributed by atoms with Crippen LogP contribution in [0.4, 0.5) is 0 Å². The molecule has 1 aromatic heterocycles. The van der Waals surface area contributed by atoms with Crippen LogP contribution in [0.5, 0.6) is 0 Å². The predicted octanol–water partition coefficient (Wildman–Crippen LogP) is 1.65. The second kappa shape index (κ2) is 3.98. The number of carbonyl (C=O) groups excluding carboxylic acids is 1. The summed E-state index contributed by atoms with van der Waals surface area (Å²) in [5.74, 6) is -0.423. The van der Waals surface area contributed by atoms with Crippen LogP contribution in [-0.4, -0.2) is 18.1 Å². The summed E-state index contributed by atoms with van der Waals surface area (Å²) in [6.45, 7) is 1.90. The minimum absolute atomic E-state index is 0.423. The van der Waals surface area contributed by atoms with E-state index in [4.69, 9.17) is 5.73 Å². The number of hydrogen-bond acceptors (Lipinski definition) is 3. The molecule has 2 rings (SSSR count). The molecule has 0 saturated heterocycles. The Morgan fingerprint density at radius 1 is 1.44 bits per heavy atom. The second-order valence-electron chi connectivity index (χ2n) is 3.71. The third-order valence-electron chi connectivity index (χ3n) is 2.71. The number of methoxy groups -OCH3 is 1. The van der Waals surface area contributed by atoms with Gasteiger partial charge in [-0.1, -0.05) is 18.2 Å². The van der Waals surface area contributed by atoms with Crippen LogP contribution in [-0.2, 0) is 9.53 Å². The van der Waals surface area contributed by atoms with Gasteiger partial charge in [0.1, 0.15) is 6.04 Å². The lowest BCUT2D eigenvalue weighted by Crippen LogP contribution is -2.23. The van der Waals surface area contributed by atoms with E-state index in [1.807, 2.05) is 31.2 Å². The molecule has 1 heterocycles. The molecule has 2 aromatic rings. The average Bonchev–Trinajstić information content (AvgIpc) is 2.63. The van der Waals surface area contributed by atoms with Gasteiger partial charge < -0.3 is 15.5 Å². The summed E-state index contributed by atoms with van der Waals surface area (Å²) in [5, 5.41) is 0.970. The number of benzene rings is 1. The zero-order valence-electron chi connectivity index (χ0n) is 9.28. The Morgan fingerprint density at radius 3 is 2.81 bits per heavy atom. The van der Waals surface area contributed by atoms with Gasteiger partial charge in [0.25, 0.3) is 0 Å². The zero-order chi connectivity index (χ0) is 11.7. The fourth-order valence-corrected chi connectivity index (χ4v) is 1.94. The number of nitrogens with two attached hydrogens (primary N) is 1. The molecule has 16 heavy (non-hydrogen) atoms. The first kappa shape index (κ1) is 10.7. The summed E-state index contributed by atoms with van der Waals surface area (Å²) >= 11 is 0. The molecule has 1 atom stereocenters. The van der Waals surface area contributed by atoms with Gasteiger partial charge >= 0.3 is 5.97 Å². The highest BCUT2D eigenvalue weighted by atomic mass is 16.5. The van der Waals surface area contributed by atoms with E-state index >= 15 is 0 Å². The van der Waals surface area contributed by atoms with Gasteiger partial charge in [0.15, 0.2) is 0 Å². The smallest absolute Gasteiger partial charge is 0.327 e. The summed E-state index contributed by atoms with van der Waals surface area (Å²) in [5.41, 5.74) is 8.56. The van der Waals surface area contributed by atoms with Crippen molar-refractivity contribution < 1.29 is 9.53 Å². The number of nitrogens with one attached hydrogen (secondary N) is 1. The molecule has 0 spiro atoms. The normalized spacial score (nSPS) is 12.7. The molecule has 0 aliphatic heterocycles. The molecule has 0 aliphatic carbocycles. The lowest BCUT2D eigenvalue weighted by atomic mass is 10.0. The largest absolute Gasteiger partial charge is 0.468 e. The molecule has 4 heteroatoms. The van der Waals surface area contributed by atoms with Gasteiger partial charge in [-0.2, -0.15) is 0 Å². The quantitative estimate of drug-likeness (QED) is 0.753. The van der Waals surface area contributed by atoms with Crippen molar-refractivity contribution in [1.29, 1.82) is 0 Å². The van der Waals surface area contributed by atoms with Gasteiger partial charge in [0, 0.05) is 22.2 Å². The lowest BCUT2D eigenvalue weighted by Gasteiger charge is -2.09. The Hall–Kier alpha value is -1.81. The summed E-state index contributed by atoms with van der Waals surface area (Å²) in [4.78, 5) is 14.6. The SMILES string of the molecule is COC(=O)[C@@H](N)c1c(C)[nH]c2ccccc12. The van der Waals surface area contributed by atoms with Gasteiger partial charge in [-0.25, -0.2) is 0 Å². The average molecular weight is 218 g/mol. The lowest BCUT2D eigenvalue weighted by molar-refractivity contribution is -0.142. The highest BCUT2D eigenvalue weighted by Gasteiger charge is 2.22. The van der Waals surface area contributed by atoms with Crippen LogP contribution in [0.1, 0.15) is 17.3 Å². The van der Waals surface area contributed by atoms with Crippen LogP contribution in [0, 0.1) is 6.92 Å². The van der Waals surface area contributed by atoms with Crippen molar-refractivity contribution in [3.63, 3.8) is 0 Å². The van der Waals surface area contributed by atoms with E-state index in [1.54, 1.807) is 0 Å². The third-order valence-corrected chi connectivity index (χ3v) is 2.71. The van der Waals surface area contributed by atoms with Crippen molar-refractivity contribution in [2.45, 2.75) is 13.0 Å². The summed E-state index contributed by atoms with van der Waals surface area (Å²) in [6, 6.07) is 7.02. The van der Waals surface area contributed by atoms with Crippen LogP contribution in [0.15, 0.2) is 24.3 Å². The number of carbonyl (C=O) groups is 1. The van der Waals surface area contributed by atoms with Gasteiger partial charge in [-0.15, -0.1) is 0 Å². The number of fused-ring (bicyclic) bond motifs is 1. The standard InChI is InChI=1S/C12H14N2O2/c1-7-10(11(13)12(15)16-2)8-5-3-4-6-9(8)14-7/h3-6,11,14H,13H2,1-2H3/t11-/m0/s1. The fraction of sp³-hybridized carbons (Fsp3) is 0.250. The van der Waals surface area contributed by atoms with Crippen LogP contribution in [0.3, 0.4) is 0 Å². The van der Waals surface area contributed by atoms with Crippen molar-refractivity contribution in [2.24, 2.45) is 5.73 Å². The highest BCUT2D eigenvalue weighted by molar-refractivity contribution is 5.90. The molecule has 0 amide bonds. The number of aromatic amines is 1. The maximum absolute atomic E-state index is 11.4. The van der Waals surface area contributed by atoms with Crippen LogP contribution < -0.4 is 5.73 Å². The topological polar surface area (TPSA) is 68.1 Å². The molecule has 0 saturated carbocycles. The summed E-state index contributed by atoms with van der Waals surface area (Å²) in [6.07, 6.45) is 0. The number of H-pyrrole nitrogens is 1. The number of rotatable bonds is 2. The van der Waals surface area contributed by atoms with Gasteiger partial charge in [0.2, 0.25) is 0 Å². The predicted molar refractivity (Wildman–Crippen MR) is 62.0 cm³/mol. The van der Waals surface area contributed by atoms with Crippen molar-refractivity contribution in [2.75, 3.05) is 7.11 Å². The number of para-hydroxylation sites is 1. The first-order chi connectivity index (χ1) is 7.65. The monoisotopic (exact) mass is 218 g/mol. The molecule has 0 radical (unpaired) electrons. The van der Waals surface area contributed by atoms with E-state index in [-0.39, 0.29) is 0 Å². The molecule has 0 aliphatic rings. The Labute approximate surface area is 93.4 Å². The Balaban J connectivity index is 2.59. The van der Waals surface area contributed by atoms with E-state index in [0.29, 0.717) is 0 Å². The van der Waals surface area contributed by atoms with Crippen LogP contribution >= 0.6 is 0 Å². The number of esters is 1. The minimum Gasteiger partial charge on any atom is -0.468 e. The maximum atomic E-state index is 11.4. The zero-order valence-corrected chi connectivity index (χ0v) is 9.28. The van der Waals surface area contributed by atoms with E-state index < -0.39 is 12.0 Å². The molecule has 3 N–H and O–H groups in total. The summed E-state index contributed by atoms with van der Waals surface area (Å²) in [7, 11) is 1.34. The first-order valence-corrected chi connectivity index (χ1v) is 5.05. The van der Waals surface area contributed by atoms with Crippen molar-refractivity contribution in [3.05, 3.63) is 35.5 Å². The molecule has 84 valence electrons. The van der Waals surface area contributed by atoms with E-state index in [2.05, 4.69) is 9.72 Å². The Bertz CT molecular complexity index is 531. The Kier molecular flexibility index (Phi) is 2.66. The maximum Gasteiger partial charge on any atom is 0.327 e. The van der Waals surface area contributed by atoms with Crippen LogP contribution in [0.25, 0.3) is 10.9 Å². The van der Waals surface area contributed by atoms with E-state index in [0.717, 1.165) is 22.2 Å². The molecular weight excluding hydrogens is 204 g/mol. The third kappa shape index (κ3) is 1.57. The molecule has 0 unspecified atom stereocenters. The number of aromatic nitrogens is 1. The van der Waals surface area contributed by atoms with Gasteiger partial charge in [-0.05, 0) is 13.0 Å². The van der Waals surface area contributed by atoms with Crippen molar-refractivity contribution in [1.82, 2.24) is 4.98 Å². The Morgan fingerprint density at radius 2 is 2.12 bits per heavy atom. The van der Waals surface area contributed by atoms with Crippen molar-refractivity contribution in [3.8, 4) is 0 Å². The first-order valence-electron chi connectivity index (χ1n) is 5.05. The highest BCUT2D eigenvalue weighted by Crippen LogP contribution is 2.26. The van der Waals surface area contributed by atoms with Gasteiger partial charge in [0.05, 0.1) is 7.11 Å². The molecule has 4 nitrogen and oxygen atoms in total. The van der Waals surface area contributed by atoms with Crippen LogP contribution in [0.2, 0.25) is 0 Å². The molecular formula is C12H14N2O2. The fourth-order valence-electron chi connectivity index (χ4n) is 1.94. The van der Waals surface area contributed by atoms with E-state index in [1.165, 1.54) is 7.11 Å². The molecule has 0 bridgehead atoms. The van der Waals surface area contributed by atoms with E-state index in [9.17, 15) is 4.79 Å². The minimum atomic E-state index is -0.735. The summed E-state index contributed by atoms with van der Waals surface area (Å²) < 4.78 is 4.66. The second-order valence-corrected chi connectivity index (χ2v) is 3.71. The number of hydrogen-bond donors (Lipinski definition) is 2. The molecule has 1 aromatic carbocycles. The number of ether oxygens (including phenoxy) is 1. The molecule has 0 fully saturated rings.